The summed E-state index contributed by atoms with van der Waals surface area (Å²) >= 11 is 0. The maximum atomic E-state index is 14.3. The van der Waals surface area contributed by atoms with E-state index in [1.54, 1.807) is 13.8 Å². The van der Waals surface area contributed by atoms with Crippen LogP contribution < -0.4 is 5.32 Å². The van der Waals surface area contributed by atoms with E-state index in [-0.39, 0.29) is 6.61 Å². The molecule has 4 unspecified atom stereocenters. The standard InChI is InChI=1S/C50H43N5O6/c1-48(2)57-28-41-45(59-48)46-50(58-41,61-49(3,4)60-46)47(56)53-32-17-15-31(16-18-32)44-39-25-23-37(54-39)42(29-11-7-5-8-12-29)35-21-19-33(51-35)27-34-20-22-36(52-34)43(30-13-9-6-10-14-30)38-24-26-40(44)55-38/h5-27,41,45-46,51-52H,28H2,1-4H3,(H,53,56). The molecule has 5 aliphatic rings. The molecule has 0 saturated carbocycles. The Morgan fingerprint density at radius 2 is 1.13 bits per heavy atom. The number of ether oxygens (including phenoxy) is 5. The summed E-state index contributed by atoms with van der Waals surface area (Å²) in [6.45, 7) is 7.44. The molecule has 3 aromatic heterocycles. The molecule has 4 atom stereocenters. The Hall–Kier alpha value is -6.47. The van der Waals surface area contributed by atoms with Gasteiger partial charge in [-0.2, -0.15) is 0 Å². The molecule has 61 heavy (non-hydrogen) atoms. The van der Waals surface area contributed by atoms with Crippen LogP contribution in [0.1, 0.15) is 50.5 Å². The van der Waals surface area contributed by atoms with Crippen molar-refractivity contribution < 1.29 is 28.5 Å². The van der Waals surface area contributed by atoms with Crippen LogP contribution in [0.4, 0.5) is 5.69 Å². The van der Waals surface area contributed by atoms with E-state index in [1.165, 1.54) is 0 Å². The van der Waals surface area contributed by atoms with Crippen molar-refractivity contribution in [3.8, 4) is 33.4 Å². The van der Waals surface area contributed by atoms with Crippen LogP contribution in [0, 0.1) is 0 Å². The quantitative estimate of drug-likeness (QED) is 0.157. The summed E-state index contributed by atoms with van der Waals surface area (Å²) in [5, 5.41) is 3.05. The van der Waals surface area contributed by atoms with E-state index in [0.717, 1.165) is 78.2 Å². The number of H-pyrrole nitrogens is 2. The average molecular weight is 810 g/mol. The van der Waals surface area contributed by atoms with Crippen molar-refractivity contribution in [2.75, 3.05) is 11.9 Å². The lowest BCUT2D eigenvalue weighted by atomic mass is 10.0. The van der Waals surface area contributed by atoms with E-state index in [9.17, 15) is 4.79 Å². The molecule has 11 nitrogen and oxygen atoms in total. The number of rotatable bonds is 5. The van der Waals surface area contributed by atoms with Crippen molar-refractivity contribution in [2.45, 2.75) is 63.4 Å². The highest BCUT2D eigenvalue weighted by Gasteiger charge is 2.71. The van der Waals surface area contributed by atoms with Crippen molar-refractivity contribution in [3.63, 3.8) is 0 Å². The van der Waals surface area contributed by atoms with Crippen molar-refractivity contribution in [3.05, 3.63) is 138 Å². The number of carbonyl (C=O) groups excluding carboxylic acids is 1. The Labute approximate surface area is 352 Å². The van der Waals surface area contributed by atoms with Crippen molar-refractivity contribution in [1.29, 1.82) is 0 Å². The molecule has 8 bridgehead atoms. The van der Waals surface area contributed by atoms with Crippen LogP contribution in [-0.2, 0) is 28.5 Å². The van der Waals surface area contributed by atoms with Crippen LogP contribution >= 0.6 is 0 Å². The maximum absolute atomic E-state index is 14.3. The summed E-state index contributed by atoms with van der Waals surface area (Å²) in [7, 11) is 0. The largest absolute Gasteiger partial charge is 0.355 e. The molecule has 3 saturated heterocycles. The molecule has 0 spiro atoms. The van der Waals surface area contributed by atoms with Crippen molar-refractivity contribution in [2.24, 2.45) is 0 Å². The van der Waals surface area contributed by atoms with Crippen LogP contribution in [0.5, 0.6) is 0 Å². The smallest absolute Gasteiger partial charge is 0.287 e. The highest BCUT2D eigenvalue weighted by Crippen LogP contribution is 2.49. The number of hydrogen-bond acceptors (Lipinski definition) is 8. The second-order valence-electron chi connectivity index (χ2n) is 16.8. The van der Waals surface area contributed by atoms with Crippen LogP contribution in [0.3, 0.4) is 0 Å². The summed E-state index contributed by atoms with van der Waals surface area (Å²) in [6, 6.07) is 38.8. The van der Waals surface area contributed by atoms with E-state index in [4.69, 9.17) is 33.7 Å². The average Bonchev–Trinajstić information content (AvgIpc) is 4.12. The molecule has 3 aromatic carbocycles. The minimum absolute atomic E-state index is 0.241. The number of amides is 1. The Morgan fingerprint density at radius 1 is 0.607 bits per heavy atom. The number of benzene rings is 3. The molecule has 11 heteroatoms. The van der Waals surface area contributed by atoms with E-state index < -0.39 is 41.6 Å². The van der Waals surface area contributed by atoms with Gasteiger partial charge in [0.25, 0.3) is 11.7 Å². The van der Waals surface area contributed by atoms with Crippen LogP contribution in [0.2, 0.25) is 0 Å². The van der Waals surface area contributed by atoms with Gasteiger partial charge in [0.1, 0.15) is 12.2 Å². The van der Waals surface area contributed by atoms with Crippen LogP contribution in [0.15, 0.2) is 115 Å². The van der Waals surface area contributed by atoms with Gasteiger partial charge in [-0.1, -0.05) is 72.8 Å². The number of nitrogens with one attached hydrogen (secondary N) is 3. The molecule has 5 aliphatic heterocycles. The van der Waals surface area contributed by atoms with Gasteiger partial charge in [-0.25, -0.2) is 9.97 Å². The first-order valence-electron chi connectivity index (χ1n) is 20.5. The molecule has 8 heterocycles. The lowest BCUT2D eigenvalue weighted by Crippen LogP contribution is -2.53. The van der Waals surface area contributed by atoms with Gasteiger partial charge in [0, 0.05) is 44.4 Å². The third-order valence-corrected chi connectivity index (χ3v) is 11.6. The summed E-state index contributed by atoms with van der Waals surface area (Å²) in [6.07, 6.45) is 6.32. The lowest BCUT2D eigenvalue weighted by Gasteiger charge is -2.38. The zero-order valence-electron chi connectivity index (χ0n) is 34.1. The van der Waals surface area contributed by atoms with Gasteiger partial charge in [-0.3, -0.25) is 4.79 Å². The monoisotopic (exact) mass is 809 g/mol. The molecule has 0 aliphatic carbocycles. The molecule has 3 fully saturated rings. The zero-order valence-corrected chi connectivity index (χ0v) is 34.1. The van der Waals surface area contributed by atoms with Gasteiger partial charge in [-0.05, 0) is 111 Å². The molecule has 0 radical (unpaired) electrons. The SMILES string of the molecule is CC1(C)OCC2OC3(C(=O)Nc4ccc(-c5c6nc(c(-c7ccccc7)c7ccc(cc8ccc([nH]8)c(-c8ccccc8)c8nc5C=C8)[nH]7)C=C6)cc4)OC(C)(C)OC3C2O1. The topological polar surface area (TPSA) is 133 Å². The highest BCUT2D eigenvalue weighted by molar-refractivity contribution is 5.99. The minimum atomic E-state index is -1.73. The molecule has 11 rings (SSSR count). The summed E-state index contributed by atoms with van der Waals surface area (Å²) in [5.41, 5.74) is 13.2. The van der Waals surface area contributed by atoms with Gasteiger partial charge < -0.3 is 39.0 Å². The van der Waals surface area contributed by atoms with E-state index in [2.05, 4.69) is 82.0 Å². The third kappa shape index (κ3) is 6.62. The Morgan fingerprint density at radius 3 is 1.69 bits per heavy atom. The number of fused-ring (bicyclic) bond motifs is 11. The summed E-state index contributed by atoms with van der Waals surface area (Å²) in [5.74, 6) is -4.17. The van der Waals surface area contributed by atoms with Gasteiger partial charge in [0.05, 0.1) is 29.4 Å². The molecule has 1 amide bonds. The normalized spacial score (nSPS) is 23.1. The molecular weight excluding hydrogens is 767 g/mol. The molecular formula is C50H43N5O6. The Balaban J connectivity index is 1.05. The third-order valence-electron chi connectivity index (χ3n) is 11.6. The fraction of sp³-hybridized carbons (Fsp3) is 0.220. The fourth-order valence-electron chi connectivity index (χ4n) is 9.02. The fourth-order valence-corrected chi connectivity index (χ4v) is 9.02. The maximum Gasteiger partial charge on any atom is 0.287 e. The zero-order chi connectivity index (χ0) is 41.5. The van der Waals surface area contributed by atoms with Crippen LogP contribution in [-0.4, -0.2) is 68.1 Å². The number of anilines is 1. The molecule has 3 N–H and O–H groups in total. The van der Waals surface area contributed by atoms with E-state index in [0.29, 0.717) is 5.69 Å². The van der Waals surface area contributed by atoms with Gasteiger partial charge in [-0.15, -0.1) is 0 Å². The highest BCUT2D eigenvalue weighted by atomic mass is 16.9. The first kappa shape index (κ1) is 37.5. The predicted octanol–water partition coefficient (Wildman–Crippen LogP) is 9.99. The van der Waals surface area contributed by atoms with E-state index >= 15 is 0 Å². The van der Waals surface area contributed by atoms with Gasteiger partial charge in [0.2, 0.25) is 0 Å². The van der Waals surface area contributed by atoms with Crippen LogP contribution in [0.25, 0.3) is 79.8 Å². The summed E-state index contributed by atoms with van der Waals surface area (Å²) < 4.78 is 31.0. The number of nitrogens with zero attached hydrogens (tertiary/aromatic N) is 2. The summed E-state index contributed by atoms with van der Waals surface area (Å²) in [4.78, 5) is 32.3. The lowest BCUT2D eigenvalue weighted by molar-refractivity contribution is -0.324. The van der Waals surface area contributed by atoms with Gasteiger partial charge in [0.15, 0.2) is 17.7 Å². The van der Waals surface area contributed by atoms with Crippen molar-refractivity contribution in [1.82, 2.24) is 19.9 Å². The predicted molar refractivity (Wildman–Crippen MR) is 236 cm³/mol. The first-order chi connectivity index (χ1) is 29.5. The van der Waals surface area contributed by atoms with E-state index in [1.807, 2.05) is 86.7 Å². The van der Waals surface area contributed by atoms with Gasteiger partial charge >= 0.3 is 0 Å². The number of aromatic nitrogens is 4. The molecule has 304 valence electrons. The number of hydrogen-bond donors (Lipinski definition) is 3. The number of aromatic amines is 2. The number of carbonyl (C=O) groups is 1. The first-order valence-corrected chi connectivity index (χ1v) is 20.5. The Bertz CT molecular complexity index is 2820. The van der Waals surface area contributed by atoms with Crippen molar-refractivity contribution >= 4 is 58.0 Å². The minimum Gasteiger partial charge on any atom is -0.355 e. The second kappa shape index (κ2) is 14.1. The molecule has 6 aromatic rings. The Kier molecular flexibility index (Phi) is 8.64. The second-order valence-corrected chi connectivity index (χ2v) is 16.8.